The van der Waals surface area contributed by atoms with E-state index < -0.39 is 48.0 Å². The molecule has 0 saturated heterocycles. The van der Waals surface area contributed by atoms with E-state index >= 15 is 0 Å². The lowest BCUT2D eigenvalue weighted by Crippen LogP contribution is -2.57. The number of aliphatic carboxylic acids is 1. The summed E-state index contributed by atoms with van der Waals surface area (Å²) >= 11 is 0. The number of amides is 4. The minimum Gasteiger partial charge on any atom is -0.475 e. The maximum absolute atomic E-state index is 13.7. The number of carboxylic acid groups (broad SMARTS) is 1. The highest BCUT2D eigenvalue weighted by Crippen LogP contribution is 2.14. The number of hydrogen-bond donors (Lipinski definition) is 8. The maximum Gasteiger partial charge on any atom is 0.490 e. The van der Waals surface area contributed by atoms with Gasteiger partial charge in [-0.2, -0.15) is 13.2 Å². The summed E-state index contributed by atoms with van der Waals surface area (Å²) in [6.45, 7) is 2.51. The fraction of sp³-hybridized carbons (Fsp3) is 0.615. The van der Waals surface area contributed by atoms with Gasteiger partial charge >= 0.3 is 12.1 Å². The van der Waals surface area contributed by atoms with Crippen LogP contribution in [0.3, 0.4) is 0 Å². The molecule has 0 saturated carbocycles. The number of imidazole rings is 1. The quantitative estimate of drug-likeness (QED) is 0.0346. The number of nitrogens with one attached hydrogen (secondary N) is 4. The number of aliphatic imine (C=N–C) groups is 1. The molecule has 0 aliphatic carbocycles. The Morgan fingerprint density at radius 3 is 1.74 bits per heavy atom. The molecular weight excluding hydrogens is 747 g/mol. The molecule has 0 aliphatic heterocycles. The summed E-state index contributed by atoms with van der Waals surface area (Å²) in [6, 6.07) is 6.20. The maximum atomic E-state index is 13.7. The van der Waals surface area contributed by atoms with Crippen molar-refractivity contribution in [2.24, 2.45) is 22.2 Å². The van der Waals surface area contributed by atoms with Gasteiger partial charge < -0.3 is 43.2 Å². The number of carboxylic acids is 1. The number of rotatable bonds is 28. The molecule has 3 atom stereocenters. The fourth-order valence-corrected chi connectivity index (χ4v) is 5.79. The number of hydrogen-bond acceptors (Lipinski definition) is 7. The Kier molecular flexibility index (Phi) is 25.5. The number of nitrogens with zero attached hydrogens (tertiary/aromatic N) is 2. The average molecular weight is 810 g/mol. The second-order valence-electron chi connectivity index (χ2n) is 13.9. The Hall–Kier alpha value is -5.16. The first-order valence-corrected chi connectivity index (χ1v) is 19.7. The molecule has 1 heterocycles. The zero-order valence-corrected chi connectivity index (χ0v) is 33.0. The van der Waals surface area contributed by atoms with E-state index in [4.69, 9.17) is 27.1 Å². The SMILES string of the molecule is CCCCCCCCCCCCCCCC(=O)N[C@@H](Cc1cnc[nH]1)C(=O)N[C@H](Cc1ccccc1)C(=O)N[C@@H](CCCN=C(N)N)C(N)=O.O=C(O)C(F)(F)F. The van der Waals surface area contributed by atoms with Crippen LogP contribution >= 0.6 is 0 Å². The molecule has 2 rings (SSSR count). The van der Waals surface area contributed by atoms with Crippen LogP contribution in [-0.2, 0) is 36.8 Å². The fourth-order valence-electron chi connectivity index (χ4n) is 5.79. The Labute approximate surface area is 333 Å². The molecule has 4 amide bonds. The van der Waals surface area contributed by atoms with E-state index in [-0.39, 0.29) is 37.7 Å². The summed E-state index contributed by atoms with van der Waals surface area (Å²) in [4.78, 5) is 72.3. The summed E-state index contributed by atoms with van der Waals surface area (Å²) in [5.41, 5.74) is 17.8. The van der Waals surface area contributed by atoms with Crippen LogP contribution < -0.4 is 33.2 Å². The number of unbranched alkanes of at least 4 members (excludes halogenated alkanes) is 12. The van der Waals surface area contributed by atoms with E-state index in [0.29, 0.717) is 18.5 Å². The Morgan fingerprint density at radius 1 is 0.754 bits per heavy atom. The number of aromatic amines is 1. The molecule has 0 unspecified atom stereocenters. The predicted molar refractivity (Wildman–Crippen MR) is 211 cm³/mol. The molecule has 0 bridgehead atoms. The van der Waals surface area contributed by atoms with Gasteiger partial charge in [0.05, 0.1) is 6.33 Å². The Bertz CT molecular complexity index is 1470. The second kappa shape index (κ2) is 29.1. The second-order valence-corrected chi connectivity index (χ2v) is 13.9. The molecule has 0 aliphatic rings. The zero-order chi connectivity index (χ0) is 42.5. The Morgan fingerprint density at radius 2 is 1.26 bits per heavy atom. The average Bonchev–Trinajstić information content (AvgIpc) is 3.67. The van der Waals surface area contributed by atoms with E-state index in [0.717, 1.165) is 24.8 Å². The monoisotopic (exact) mass is 809 g/mol. The molecule has 11 N–H and O–H groups in total. The molecular formula is C39H62F3N9O6. The smallest absolute Gasteiger partial charge is 0.475 e. The Balaban J connectivity index is 0.00000211. The van der Waals surface area contributed by atoms with Crippen molar-refractivity contribution in [2.75, 3.05) is 6.54 Å². The molecule has 15 nitrogen and oxygen atoms in total. The van der Waals surface area contributed by atoms with Crippen LogP contribution in [0.5, 0.6) is 0 Å². The lowest BCUT2D eigenvalue weighted by molar-refractivity contribution is -0.192. The topological polar surface area (TPSA) is 261 Å². The number of primary amides is 1. The molecule has 0 spiro atoms. The van der Waals surface area contributed by atoms with Crippen molar-refractivity contribution < 1.29 is 42.3 Å². The summed E-state index contributed by atoms with van der Waals surface area (Å²) in [7, 11) is 0. The van der Waals surface area contributed by atoms with E-state index in [1.807, 2.05) is 30.3 Å². The number of alkyl halides is 3. The molecule has 320 valence electrons. The van der Waals surface area contributed by atoms with Crippen LogP contribution in [0.1, 0.15) is 121 Å². The zero-order valence-electron chi connectivity index (χ0n) is 33.0. The van der Waals surface area contributed by atoms with Gasteiger partial charge in [0.1, 0.15) is 18.1 Å². The van der Waals surface area contributed by atoms with Gasteiger partial charge in [-0.15, -0.1) is 0 Å². The minimum atomic E-state index is -5.08. The molecule has 1 aromatic heterocycles. The van der Waals surface area contributed by atoms with E-state index in [9.17, 15) is 32.3 Å². The van der Waals surface area contributed by atoms with E-state index in [1.165, 1.54) is 70.5 Å². The number of aromatic nitrogens is 2. The van der Waals surface area contributed by atoms with Crippen LogP contribution in [0.2, 0.25) is 0 Å². The lowest BCUT2D eigenvalue weighted by atomic mass is 10.0. The molecule has 18 heteroatoms. The molecule has 2 aromatic rings. The van der Waals surface area contributed by atoms with Crippen molar-refractivity contribution in [3.8, 4) is 0 Å². The van der Waals surface area contributed by atoms with Gasteiger partial charge in [0, 0.05) is 37.7 Å². The van der Waals surface area contributed by atoms with Crippen molar-refractivity contribution in [3.05, 3.63) is 54.1 Å². The number of nitrogens with two attached hydrogens (primary N) is 3. The summed E-state index contributed by atoms with van der Waals surface area (Å²) in [5.74, 6) is -4.88. The number of halogens is 3. The summed E-state index contributed by atoms with van der Waals surface area (Å²) < 4.78 is 31.7. The van der Waals surface area contributed by atoms with Crippen LogP contribution in [0, 0.1) is 0 Å². The third-order valence-corrected chi connectivity index (χ3v) is 8.90. The van der Waals surface area contributed by atoms with Crippen molar-refractivity contribution in [1.29, 1.82) is 0 Å². The van der Waals surface area contributed by atoms with Crippen LogP contribution in [0.25, 0.3) is 0 Å². The van der Waals surface area contributed by atoms with Gasteiger partial charge in [-0.05, 0) is 24.8 Å². The highest BCUT2D eigenvalue weighted by atomic mass is 19.4. The van der Waals surface area contributed by atoms with Gasteiger partial charge in [-0.1, -0.05) is 114 Å². The standard InChI is InChI=1S/C37H61N9O4.C2HF3O2/c1-2-3-4-5-6-7-8-9-10-11-12-13-17-22-33(47)44-32(25-29-26-41-27-43-29)36(50)46-31(24-28-19-15-14-16-20-28)35(49)45-30(34(38)48)21-18-23-42-37(39)40;3-2(4,5)1(6)7/h14-16,19-20,26-27,30-32H,2-13,17-18,21-25H2,1H3,(H2,38,48)(H,41,43)(H,44,47)(H,45,49)(H,46,50)(H4,39,40,42);(H,6,7)/t30-,31+,32-;/m0./s1. The predicted octanol–water partition coefficient (Wildman–Crippen LogP) is 4.30. The lowest BCUT2D eigenvalue weighted by Gasteiger charge is -2.25. The minimum absolute atomic E-state index is 0.0728. The summed E-state index contributed by atoms with van der Waals surface area (Å²) in [6.07, 6.45) is 15.0. The van der Waals surface area contributed by atoms with Crippen molar-refractivity contribution in [2.45, 2.75) is 147 Å². The van der Waals surface area contributed by atoms with Crippen LogP contribution in [-0.4, -0.2) is 81.5 Å². The first-order valence-electron chi connectivity index (χ1n) is 19.7. The van der Waals surface area contributed by atoms with Gasteiger partial charge in [-0.3, -0.25) is 24.2 Å². The normalized spacial score (nSPS) is 12.6. The third-order valence-electron chi connectivity index (χ3n) is 8.90. The third kappa shape index (κ3) is 24.9. The van der Waals surface area contributed by atoms with Gasteiger partial charge in [-0.25, -0.2) is 9.78 Å². The molecule has 1 aromatic carbocycles. The molecule has 0 fully saturated rings. The van der Waals surface area contributed by atoms with Crippen LogP contribution in [0.15, 0.2) is 47.8 Å². The number of benzene rings is 1. The first kappa shape index (κ1) is 49.9. The van der Waals surface area contributed by atoms with Crippen molar-refractivity contribution in [3.63, 3.8) is 0 Å². The van der Waals surface area contributed by atoms with Crippen molar-refractivity contribution >= 4 is 35.6 Å². The van der Waals surface area contributed by atoms with Crippen LogP contribution in [0.4, 0.5) is 13.2 Å². The van der Waals surface area contributed by atoms with E-state index in [1.54, 1.807) is 6.20 Å². The molecule has 57 heavy (non-hydrogen) atoms. The first-order chi connectivity index (χ1) is 27.1. The van der Waals surface area contributed by atoms with Gasteiger partial charge in [0.2, 0.25) is 23.6 Å². The number of carbonyl (C=O) groups excluding carboxylic acids is 4. The highest BCUT2D eigenvalue weighted by molar-refractivity contribution is 5.94. The number of carbonyl (C=O) groups is 5. The van der Waals surface area contributed by atoms with Gasteiger partial charge in [0.25, 0.3) is 0 Å². The molecule has 0 radical (unpaired) electrons. The van der Waals surface area contributed by atoms with Crippen molar-refractivity contribution in [1.82, 2.24) is 25.9 Å². The number of H-pyrrole nitrogens is 1. The summed E-state index contributed by atoms with van der Waals surface area (Å²) in [5, 5.41) is 15.5. The largest absolute Gasteiger partial charge is 0.490 e. The van der Waals surface area contributed by atoms with Gasteiger partial charge in [0.15, 0.2) is 5.96 Å². The number of guanidine groups is 1. The van der Waals surface area contributed by atoms with E-state index in [2.05, 4.69) is 37.8 Å². The highest BCUT2D eigenvalue weighted by Gasteiger charge is 2.38.